The minimum absolute atomic E-state index is 0.151. The molecule has 5 heteroatoms. The largest absolute Gasteiger partial charge is 0.399 e. The molecule has 2 aromatic rings. The summed E-state index contributed by atoms with van der Waals surface area (Å²) in [6.45, 7) is 0. The molecule has 2 aromatic carbocycles. The Kier molecular flexibility index (Phi) is 4.26. The van der Waals surface area contributed by atoms with Crippen LogP contribution in [0.5, 0.6) is 0 Å². The maximum Gasteiger partial charge on any atom is 0.336 e. The van der Waals surface area contributed by atoms with E-state index in [2.05, 4.69) is 5.48 Å². The number of hydrogen-bond acceptors (Lipinski definition) is 4. The number of anilines is 2. The van der Waals surface area contributed by atoms with Gasteiger partial charge in [0, 0.05) is 10.7 Å². The monoisotopic (exact) mass is 276 g/mol. The fourth-order valence-corrected chi connectivity index (χ4v) is 1.76. The maximum absolute atomic E-state index is 11.6. The predicted octanol–water partition coefficient (Wildman–Crippen LogP) is 3.04. The average molecular weight is 277 g/mol. The Labute approximate surface area is 116 Å². The van der Waals surface area contributed by atoms with E-state index in [1.54, 1.807) is 42.5 Å². The van der Waals surface area contributed by atoms with Gasteiger partial charge in [0.25, 0.3) is 0 Å². The van der Waals surface area contributed by atoms with E-state index in [1.807, 2.05) is 6.07 Å². The molecule has 98 valence electrons. The molecule has 0 saturated carbocycles. The van der Waals surface area contributed by atoms with Gasteiger partial charge in [-0.1, -0.05) is 29.8 Å². The van der Waals surface area contributed by atoms with Crippen LogP contribution in [0.4, 0.5) is 11.4 Å². The first-order valence-corrected chi connectivity index (χ1v) is 6.07. The number of nitrogens with two attached hydrogens (primary N) is 1. The van der Waals surface area contributed by atoms with Crippen molar-refractivity contribution in [3.8, 4) is 0 Å². The number of nitrogens with one attached hydrogen (secondary N) is 1. The van der Waals surface area contributed by atoms with Gasteiger partial charge in [0.05, 0.1) is 12.1 Å². The highest BCUT2D eigenvalue weighted by molar-refractivity contribution is 6.30. The first-order chi connectivity index (χ1) is 9.13. The van der Waals surface area contributed by atoms with Crippen LogP contribution in [-0.4, -0.2) is 5.97 Å². The van der Waals surface area contributed by atoms with Gasteiger partial charge in [-0.25, -0.2) is 10.3 Å². The Morgan fingerprint density at radius 3 is 2.74 bits per heavy atom. The topological polar surface area (TPSA) is 64.4 Å². The van der Waals surface area contributed by atoms with Gasteiger partial charge in [-0.05, 0) is 35.9 Å². The van der Waals surface area contributed by atoms with Crippen LogP contribution in [0.3, 0.4) is 0 Å². The van der Waals surface area contributed by atoms with Crippen molar-refractivity contribution in [2.75, 3.05) is 11.2 Å². The van der Waals surface area contributed by atoms with Crippen molar-refractivity contribution in [3.63, 3.8) is 0 Å². The van der Waals surface area contributed by atoms with E-state index in [1.165, 1.54) is 0 Å². The zero-order valence-electron chi connectivity index (χ0n) is 10.1. The predicted molar refractivity (Wildman–Crippen MR) is 75.7 cm³/mol. The van der Waals surface area contributed by atoms with Crippen molar-refractivity contribution in [2.24, 2.45) is 0 Å². The average Bonchev–Trinajstić information content (AvgIpc) is 2.36. The Balaban J connectivity index is 1.88. The summed E-state index contributed by atoms with van der Waals surface area (Å²) in [6.07, 6.45) is 0.151. The van der Waals surface area contributed by atoms with E-state index in [0.717, 1.165) is 5.56 Å². The normalized spacial score (nSPS) is 9.95. The number of nitrogen functional groups attached to an aromatic ring is 1. The van der Waals surface area contributed by atoms with Crippen molar-refractivity contribution in [3.05, 3.63) is 59.1 Å². The molecule has 0 aliphatic heterocycles. The van der Waals surface area contributed by atoms with Gasteiger partial charge >= 0.3 is 5.97 Å². The smallest absolute Gasteiger partial charge is 0.336 e. The van der Waals surface area contributed by atoms with Crippen molar-refractivity contribution in [1.29, 1.82) is 0 Å². The van der Waals surface area contributed by atoms with Crippen LogP contribution in [0.2, 0.25) is 5.02 Å². The van der Waals surface area contributed by atoms with Crippen LogP contribution in [0.1, 0.15) is 5.56 Å². The second kappa shape index (κ2) is 6.11. The fourth-order valence-electron chi connectivity index (χ4n) is 1.57. The van der Waals surface area contributed by atoms with Crippen LogP contribution < -0.4 is 11.2 Å². The summed E-state index contributed by atoms with van der Waals surface area (Å²) in [5.41, 5.74) is 10.2. The van der Waals surface area contributed by atoms with Gasteiger partial charge in [0.2, 0.25) is 0 Å². The third kappa shape index (κ3) is 4.19. The van der Waals surface area contributed by atoms with E-state index in [4.69, 9.17) is 22.2 Å². The maximum atomic E-state index is 11.6. The summed E-state index contributed by atoms with van der Waals surface area (Å²) < 4.78 is 0. The van der Waals surface area contributed by atoms with E-state index < -0.39 is 5.97 Å². The lowest BCUT2D eigenvalue weighted by atomic mass is 10.1. The third-order valence-corrected chi connectivity index (χ3v) is 2.64. The molecule has 0 aliphatic rings. The molecule has 0 aliphatic carbocycles. The molecule has 0 radical (unpaired) electrons. The van der Waals surface area contributed by atoms with Crippen LogP contribution >= 0.6 is 11.6 Å². The number of carbonyl (C=O) groups is 1. The van der Waals surface area contributed by atoms with Gasteiger partial charge in [-0.3, -0.25) is 0 Å². The lowest BCUT2D eigenvalue weighted by Crippen LogP contribution is -2.13. The molecule has 0 spiro atoms. The second-order valence-electron chi connectivity index (χ2n) is 4.01. The minimum atomic E-state index is -0.398. The zero-order chi connectivity index (χ0) is 13.7. The van der Waals surface area contributed by atoms with Crippen LogP contribution in [0.25, 0.3) is 0 Å². The number of carbonyl (C=O) groups excluding carboxylic acids is 1. The lowest BCUT2D eigenvalue weighted by Gasteiger charge is -2.07. The van der Waals surface area contributed by atoms with Crippen molar-refractivity contribution in [2.45, 2.75) is 6.42 Å². The van der Waals surface area contributed by atoms with E-state index >= 15 is 0 Å². The Morgan fingerprint density at radius 2 is 2.00 bits per heavy atom. The van der Waals surface area contributed by atoms with Crippen LogP contribution in [0.15, 0.2) is 48.5 Å². The van der Waals surface area contributed by atoms with Crippen LogP contribution in [0, 0.1) is 0 Å². The van der Waals surface area contributed by atoms with Gasteiger partial charge in [0.15, 0.2) is 0 Å². The molecule has 0 amide bonds. The standard InChI is InChI=1S/C14H13ClN2O2/c15-11-4-2-6-13(9-11)17-19-14(18)8-10-3-1-5-12(16)7-10/h1-7,9,17H,8,16H2. The van der Waals surface area contributed by atoms with Crippen LogP contribution in [-0.2, 0) is 16.1 Å². The van der Waals surface area contributed by atoms with Gasteiger partial charge in [-0.2, -0.15) is 0 Å². The molecule has 0 unspecified atom stereocenters. The zero-order valence-corrected chi connectivity index (χ0v) is 10.9. The van der Waals surface area contributed by atoms with E-state index in [9.17, 15) is 4.79 Å². The highest BCUT2D eigenvalue weighted by Crippen LogP contribution is 2.15. The molecule has 4 nitrogen and oxygen atoms in total. The lowest BCUT2D eigenvalue weighted by molar-refractivity contribution is -0.139. The molecule has 19 heavy (non-hydrogen) atoms. The van der Waals surface area contributed by atoms with Gasteiger partial charge < -0.3 is 10.6 Å². The molecule has 0 atom stereocenters. The summed E-state index contributed by atoms with van der Waals surface area (Å²) in [5.74, 6) is -0.398. The van der Waals surface area contributed by atoms with Gasteiger partial charge in [-0.15, -0.1) is 0 Å². The highest BCUT2D eigenvalue weighted by atomic mass is 35.5. The second-order valence-corrected chi connectivity index (χ2v) is 4.44. The number of benzene rings is 2. The summed E-state index contributed by atoms with van der Waals surface area (Å²) in [5, 5.41) is 0.567. The summed E-state index contributed by atoms with van der Waals surface area (Å²) in [6, 6.07) is 14.0. The van der Waals surface area contributed by atoms with Crippen molar-refractivity contribution in [1.82, 2.24) is 0 Å². The number of rotatable bonds is 4. The van der Waals surface area contributed by atoms with Gasteiger partial charge in [0.1, 0.15) is 0 Å². The molecule has 0 heterocycles. The summed E-state index contributed by atoms with van der Waals surface area (Å²) >= 11 is 5.81. The molecule has 3 N–H and O–H groups in total. The van der Waals surface area contributed by atoms with E-state index in [0.29, 0.717) is 16.4 Å². The molecule has 2 rings (SSSR count). The molecule has 0 saturated heterocycles. The van der Waals surface area contributed by atoms with Crippen molar-refractivity contribution < 1.29 is 9.63 Å². The first kappa shape index (κ1) is 13.2. The fraction of sp³-hybridized carbons (Fsp3) is 0.0714. The van der Waals surface area contributed by atoms with E-state index in [-0.39, 0.29) is 6.42 Å². The highest BCUT2D eigenvalue weighted by Gasteiger charge is 2.05. The Bertz CT molecular complexity index is 587. The summed E-state index contributed by atoms with van der Waals surface area (Å²) in [7, 11) is 0. The molecule has 0 bridgehead atoms. The first-order valence-electron chi connectivity index (χ1n) is 5.69. The third-order valence-electron chi connectivity index (χ3n) is 2.41. The summed E-state index contributed by atoms with van der Waals surface area (Å²) in [4.78, 5) is 16.6. The number of halogens is 1. The minimum Gasteiger partial charge on any atom is -0.399 e. The SMILES string of the molecule is Nc1cccc(CC(=O)ONc2cccc(Cl)c2)c1. The molecule has 0 aromatic heterocycles. The molecular formula is C14H13ClN2O2. The van der Waals surface area contributed by atoms with Crippen molar-refractivity contribution >= 4 is 28.9 Å². The Hall–Kier alpha value is -2.20. The number of hydrogen-bond donors (Lipinski definition) is 2. The molecule has 0 fully saturated rings. The quantitative estimate of drug-likeness (QED) is 0.665. The molecular weight excluding hydrogens is 264 g/mol. The Morgan fingerprint density at radius 1 is 1.21 bits per heavy atom.